The van der Waals surface area contributed by atoms with Crippen molar-refractivity contribution < 1.29 is 4.39 Å². The predicted molar refractivity (Wildman–Crippen MR) is 134 cm³/mol. The molecular weight excluding hydrogens is 453 g/mol. The van der Waals surface area contributed by atoms with Crippen LogP contribution in [0.25, 0.3) is 17.0 Å². The highest BCUT2D eigenvalue weighted by Crippen LogP contribution is 2.35. The molecule has 2 aliphatic heterocycles. The maximum absolute atomic E-state index is 13.9. The maximum Gasteiger partial charge on any atom is 0.154 e. The van der Waals surface area contributed by atoms with Gasteiger partial charge in [-0.2, -0.15) is 0 Å². The molecule has 0 saturated carbocycles. The third-order valence-corrected chi connectivity index (χ3v) is 6.57. The van der Waals surface area contributed by atoms with Crippen LogP contribution in [0.2, 0.25) is 0 Å². The second kappa shape index (κ2) is 9.56. The largest absolute Gasteiger partial charge is 0.354 e. The Morgan fingerprint density at radius 2 is 1.79 bits per heavy atom. The topological polar surface area (TPSA) is 61.6 Å². The number of nitrogens with one attached hydrogen (secondary N) is 1. The summed E-state index contributed by atoms with van der Waals surface area (Å²) in [5.41, 5.74) is 3.49. The van der Waals surface area contributed by atoms with Crippen molar-refractivity contribution in [2.45, 2.75) is 18.9 Å². The van der Waals surface area contributed by atoms with E-state index in [1.807, 2.05) is 41.0 Å². The number of nitrogens with zero attached hydrogens (tertiary/aromatic N) is 6. The van der Waals surface area contributed by atoms with Crippen molar-refractivity contribution in [3.63, 3.8) is 0 Å². The Labute approximate surface area is 204 Å². The normalized spacial score (nSPS) is 18.3. The van der Waals surface area contributed by atoms with Gasteiger partial charge in [0, 0.05) is 32.7 Å². The van der Waals surface area contributed by atoms with Crippen molar-refractivity contribution in [1.29, 1.82) is 0 Å². The number of pyridine rings is 1. The average Bonchev–Trinajstić information content (AvgIpc) is 3.52. The highest BCUT2D eigenvalue weighted by atomic mass is 35.5. The Morgan fingerprint density at radius 1 is 0.941 bits per heavy atom. The third kappa shape index (κ3) is 4.19. The van der Waals surface area contributed by atoms with E-state index in [0.717, 1.165) is 79.8 Å². The number of rotatable bonds is 4. The molecule has 9 heteroatoms. The monoisotopic (exact) mass is 479 g/mol. The summed E-state index contributed by atoms with van der Waals surface area (Å²) in [6.45, 7) is 4.72. The predicted octanol–water partition coefficient (Wildman–Crippen LogP) is 4.10. The number of fused-ring (bicyclic) bond motifs is 1. The molecule has 2 aliphatic rings. The zero-order valence-corrected chi connectivity index (χ0v) is 19.6. The van der Waals surface area contributed by atoms with Gasteiger partial charge in [0.2, 0.25) is 0 Å². The first-order chi connectivity index (χ1) is 16.3. The molecular formula is C25H27ClFN7. The van der Waals surface area contributed by atoms with Crippen LogP contribution in [-0.4, -0.2) is 52.3 Å². The number of aromatic nitrogens is 4. The lowest BCUT2D eigenvalue weighted by Gasteiger charge is -2.28. The lowest BCUT2D eigenvalue weighted by Crippen LogP contribution is -2.43. The summed E-state index contributed by atoms with van der Waals surface area (Å²) in [4.78, 5) is 14.1. The Balaban J connectivity index is 0.00000241. The molecule has 176 valence electrons. The molecule has 0 radical (unpaired) electrons. The summed E-state index contributed by atoms with van der Waals surface area (Å²) in [6, 6.07) is 17.1. The second-order valence-corrected chi connectivity index (χ2v) is 8.63. The average molecular weight is 480 g/mol. The van der Waals surface area contributed by atoms with Crippen LogP contribution in [-0.2, 0) is 0 Å². The maximum atomic E-state index is 13.9. The fourth-order valence-electron chi connectivity index (χ4n) is 4.93. The molecule has 0 amide bonds. The molecule has 1 N–H and O–H groups in total. The molecule has 2 fully saturated rings. The SMILES string of the molecule is Cl.Fc1cccc([C@H]2CCCN2c2ccc3ncc(-c4cccc(N5CCNCC5)n4)n3n2)c1. The van der Waals surface area contributed by atoms with E-state index in [-0.39, 0.29) is 24.3 Å². The van der Waals surface area contributed by atoms with Crippen molar-refractivity contribution >= 4 is 29.7 Å². The summed E-state index contributed by atoms with van der Waals surface area (Å²) in [5, 5.41) is 8.34. The molecule has 1 aromatic carbocycles. The molecule has 7 nitrogen and oxygen atoms in total. The van der Waals surface area contributed by atoms with Crippen molar-refractivity contribution in [3.05, 3.63) is 72.2 Å². The molecule has 5 heterocycles. The van der Waals surface area contributed by atoms with Crippen molar-refractivity contribution in [1.82, 2.24) is 24.9 Å². The first kappa shape index (κ1) is 22.6. The number of anilines is 2. The molecule has 34 heavy (non-hydrogen) atoms. The number of benzene rings is 1. The van der Waals surface area contributed by atoms with E-state index in [0.29, 0.717) is 0 Å². The van der Waals surface area contributed by atoms with E-state index in [9.17, 15) is 4.39 Å². The van der Waals surface area contributed by atoms with E-state index in [1.165, 1.54) is 6.07 Å². The highest BCUT2D eigenvalue weighted by Gasteiger charge is 2.28. The van der Waals surface area contributed by atoms with Crippen LogP contribution in [0.3, 0.4) is 0 Å². The molecule has 4 aromatic rings. The molecule has 3 aromatic heterocycles. The summed E-state index contributed by atoms with van der Waals surface area (Å²) >= 11 is 0. The lowest BCUT2D eigenvalue weighted by atomic mass is 10.0. The Kier molecular flexibility index (Phi) is 6.34. The zero-order chi connectivity index (χ0) is 22.2. The van der Waals surface area contributed by atoms with Crippen LogP contribution >= 0.6 is 12.4 Å². The number of hydrogen-bond acceptors (Lipinski definition) is 6. The van der Waals surface area contributed by atoms with Crippen LogP contribution in [0, 0.1) is 5.82 Å². The number of piperazine rings is 1. The van der Waals surface area contributed by atoms with Crippen molar-refractivity contribution in [3.8, 4) is 11.4 Å². The van der Waals surface area contributed by atoms with Crippen molar-refractivity contribution in [2.24, 2.45) is 0 Å². The highest BCUT2D eigenvalue weighted by molar-refractivity contribution is 5.85. The Morgan fingerprint density at radius 3 is 2.65 bits per heavy atom. The van der Waals surface area contributed by atoms with E-state index >= 15 is 0 Å². The molecule has 0 unspecified atom stereocenters. The van der Waals surface area contributed by atoms with Gasteiger partial charge in [0.05, 0.1) is 17.9 Å². The minimum atomic E-state index is -0.199. The van der Waals surface area contributed by atoms with Crippen LogP contribution in [0.15, 0.2) is 60.8 Å². The van der Waals surface area contributed by atoms with E-state index in [1.54, 1.807) is 12.1 Å². The molecule has 1 atom stereocenters. The van der Waals surface area contributed by atoms with Gasteiger partial charge in [-0.25, -0.2) is 18.9 Å². The van der Waals surface area contributed by atoms with E-state index in [4.69, 9.17) is 10.1 Å². The Hall–Kier alpha value is -3.23. The molecule has 6 rings (SSSR count). The minimum Gasteiger partial charge on any atom is -0.354 e. The van der Waals surface area contributed by atoms with Gasteiger partial charge in [-0.3, -0.25) is 0 Å². The van der Waals surface area contributed by atoms with Gasteiger partial charge < -0.3 is 15.1 Å². The van der Waals surface area contributed by atoms with Gasteiger partial charge in [0.15, 0.2) is 5.65 Å². The lowest BCUT2D eigenvalue weighted by molar-refractivity contribution is 0.585. The van der Waals surface area contributed by atoms with Crippen LogP contribution in [0.4, 0.5) is 16.0 Å². The van der Waals surface area contributed by atoms with Gasteiger partial charge >= 0.3 is 0 Å². The number of hydrogen-bond donors (Lipinski definition) is 1. The minimum absolute atomic E-state index is 0. The quantitative estimate of drug-likeness (QED) is 0.475. The van der Waals surface area contributed by atoms with Gasteiger partial charge in [-0.15, -0.1) is 17.5 Å². The summed E-state index contributed by atoms with van der Waals surface area (Å²) in [5.74, 6) is 1.65. The second-order valence-electron chi connectivity index (χ2n) is 8.63. The van der Waals surface area contributed by atoms with Gasteiger partial charge in [0.25, 0.3) is 0 Å². The van der Waals surface area contributed by atoms with E-state index < -0.39 is 0 Å². The third-order valence-electron chi connectivity index (χ3n) is 6.57. The molecule has 0 bridgehead atoms. The molecule has 2 saturated heterocycles. The molecule has 0 aliphatic carbocycles. The Bertz CT molecular complexity index is 1290. The smallest absolute Gasteiger partial charge is 0.154 e. The molecule has 0 spiro atoms. The van der Waals surface area contributed by atoms with Crippen LogP contribution < -0.4 is 15.1 Å². The van der Waals surface area contributed by atoms with Crippen molar-refractivity contribution in [2.75, 3.05) is 42.5 Å². The van der Waals surface area contributed by atoms with E-state index in [2.05, 4.69) is 26.2 Å². The standard InChI is InChI=1S/C25H26FN7.ClH/c26-19-5-1-4-18(16-19)21-7-3-13-32(21)25-10-9-23-28-17-22(33(23)30-25)20-6-2-8-24(29-20)31-14-11-27-12-15-31;/h1-2,4-6,8-10,16-17,21,27H,3,7,11-15H2;1H/t21-;/m1./s1. The van der Waals surface area contributed by atoms with Crippen LogP contribution in [0.5, 0.6) is 0 Å². The summed E-state index contributed by atoms with van der Waals surface area (Å²) < 4.78 is 15.7. The zero-order valence-electron chi connectivity index (χ0n) is 18.8. The summed E-state index contributed by atoms with van der Waals surface area (Å²) in [7, 11) is 0. The fourth-order valence-corrected chi connectivity index (χ4v) is 4.93. The van der Waals surface area contributed by atoms with Gasteiger partial charge in [-0.05, 0) is 54.8 Å². The van der Waals surface area contributed by atoms with Gasteiger partial charge in [-0.1, -0.05) is 18.2 Å². The first-order valence-electron chi connectivity index (χ1n) is 11.6. The summed E-state index contributed by atoms with van der Waals surface area (Å²) in [6.07, 6.45) is 3.87. The number of halogens is 2. The van der Waals surface area contributed by atoms with Gasteiger partial charge in [0.1, 0.15) is 23.1 Å². The number of imidazole rings is 1. The fraction of sp³-hybridized carbons (Fsp3) is 0.320. The first-order valence-corrected chi connectivity index (χ1v) is 11.6. The van der Waals surface area contributed by atoms with Crippen LogP contribution in [0.1, 0.15) is 24.4 Å².